The van der Waals surface area contributed by atoms with Gasteiger partial charge in [-0.05, 0) is 32.0 Å². The molecule has 1 fully saturated rings. The zero-order valence-electron chi connectivity index (χ0n) is 21.0. The Morgan fingerprint density at radius 1 is 1.47 bits per heavy atom. The summed E-state index contributed by atoms with van der Waals surface area (Å²) in [6.45, 7) is 15.3. The molecular formula is C21H35N5O5Si. The maximum absolute atomic E-state index is 12.6. The summed E-state index contributed by atoms with van der Waals surface area (Å²) in [4.78, 5) is 35.8. The number of amides is 1. The average molecular weight is 467 g/mol. The van der Waals surface area contributed by atoms with Crippen molar-refractivity contribution in [1.82, 2.24) is 19.5 Å². The quantitative estimate of drug-likeness (QED) is 0.577. The molecule has 2 aromatic rings. The van der Waals surface area contributed by atoms with E-state index >= 15 is 0 Å². The van der Waals surface area contributed by atoms with Crippen LogP contribution in [0.4, 0.5) is 5.95 Å². The van der Waals surface area contributed by atoms with Crippen LogP contribution in [0.1, 0.15) is 56.0 Å². The number of carbonyl (C=O) groups is 1. The third-order valence-electron chi connectivity index (χ3n) is 6.49. The predicted molar refractivity (Wildman–Crippen MR) is 124 cm³/mol. The Morgan fingerprint density at radius 3 is 2.69 bits per heavy atom. The van der Waals surface area contributed by atoms with Crippen molar-refractivity contribution < 1.29 is 20.4 Å². The van der Waals surface area contributed by atoms with Crippen LogP contribution in [-0.2, 0) is 14.0 Å². The lowest BCUT2D eigenvalue weighted by molar-refractivity contribution is -0.118. The maximum atomic E-state index is 12.6. The minimum Gasteiger partial charge on any atom is -0.406 e. The lowest BCUT2D eigenvalue weighted by Crippen LogP contribution is -2.53. The first-order chi connectivity index (χ1) is 15.1. The fourth-order valence-electron chi connectivity index (χ4n) is 3.16. The number of hydrogen-bond acceptors (Lipinski definition) is 7. The molecule has 0 spiro atoms. The van der Waals surface area contributed by atoms with E-state index in [1.165, 1.54) is 10.9 Å². The summed E-state index contributed by atoms with van der Waals surface area (Å²) in [5.74, 6) is -0.599. The zero-order valence-corrected chi connectivity index (χ0v) is 21.0. The molecule has 0 aliphatic carbocycles. The number of fused-ring (bicyclic) bond motifs is 1. The molecule has 178 valence electrons. The standard InChI is InChI=1S/C21H35N5O5Si/c1-11(2)16(27)24-19-23-15-13(17(28)25-19)22-10-26(15)18-14(21(7,29)12(3)30-18)31-32(8,9)20(4,5)6/h10-12,14,18,29H,1-9H3,(H2,23,24,25,27,28)/t12-,14?,18-,21+/m1/s1/i3D. The van der Waals surface area contributed by atoms with Gasteiger partial charge in [0.2, 0.25) is 11.9 Å². The third kappa shape index (κ3) is 4.26. The monoisotopic (exact) mass is 466 g/mol. The number of imidazole rings is 1. The summed E-state index contributed by atoms with van der Waals surface area (Å²) in [5.41, 5.74) is -1.70. The molecule has 1 amide bonds. The topological polar surface area (TPSA) is 131 Å². The van der Waals surface area contributed by atoms with Gasteiger partial charge in [-0.2, -0.15) is 4.98 Å². The van der Waals surface area contributed by atoms with Crippen LogP contribution in [0.15, 0.2) is 11.1 Å². The summed E-state index contributed by atoms with van der Waals surface area (Å²) in [6.07, 6.45) is -1.08. The molecule has 3 N–H and O–H groups in total. The van der Waals surface area contributed by atoms with Crippen LogP contribution in [0, 0.1) is 5.92 Å². The average Bonchev–Trinajstić information content (AvgIpc) is 3.20. The molecule has 11 heteroatoms. The highest BCUT2D eigenvalue weighted by Crippen LogP contribution is 2.45. The minimum atomic E-state index is -2.36. The van der Waals surface area contributed by atoms with Crippen molar-refractivity contribution in [3.8, 4) is 0 Å². The Kier molecular flexibility index (Phi) is 5.81. The molecule has 1 unspecified atom stereocenters. The Bertz CT molecular complexity index is 1090. The van der Waals surface area contributed by atoms with Crippen LogP contribution < -0.4 is 10.9 Å². The third-order valence-corrected chi connectivity index (χ3v) is 10.9. The molecule has 4 atom stereocenters. The van der Waals surface area contributed by atoms with Gasteiger partial charge in [0, 0.05) is 7.29 Å². The molecule has 0 radical (unpaired) electrons. The lowest BCUT2D eigenvalue weighted by Gasteiger charge is -2.42. The Balaban J connectivity index is 2.10. The normalized spacial score (nSPS) is 27.2. The van der Waals surface area contributed by atoms with Crippen molar-refractivity contribution in [2.45, 2.75) is 90.6 Å². The Hall–Kier alpha value is -2.08. The number of aromatic amines is 1. The van der Waals surface area contributed by atoms with Crippen LogP contribution in [0.2, 0.25) is 18.1 Å². The number of anilines is 1. The lowest BCUT2D eigenvalue weighted by atomic mass is 9.96. The molecule has 10 nitrogen and oxygen atoms in total. The maximum Gasteiger partial charge on any atom is 0.280 e. The molecule has 1 aliphatic heterocycles. The summed E-state index contributed by atoms with van der Waals surface area (Å²) in [6, 6.07) is 0. The van der Waals surface area contributed by atoms with Gasteiger partial charge in [-0.25, -0.2) is 4.98 Å². The smallest absolute Gasteiger partial charge is 0.280 e. The van der Waals surface area contributed by atoms with Gasteiger partial charge in [0.15, 0.2) is 25.7 Å². The number of nitrogens with zero attached hydrogens (tertiary/aromatic N) is 3. The van der Waals surface area contributed by atoms with E-state index in [0.717, 1.165) is 0 Å². The van der Waals surface area contributed by atoms with E-state index in [0.29, 0.717) is 0 Å². The summed E-state index contributed by atoms with van der Waals surface area (Å²) >= 11 is 0. The molecule has 3 rings (SSSR count). The van der Waals surface area contributed by atoms with E-state index in [-0.39, 0.29) is 40.9 Å². The van der Waals surface area contributed by atoms with Crippen LogP contribution in [-0.4, -0.2) is 56.7 Å². The zero-order chi connectivity index (χ0) is 24.9. The van der Waals surface area contributed by atoms with Crippen molar-refractivity contribution in [2.75, 3.05) is 5.32 Å². The van der Waals surface area contributed by atoms with Gasteiger partial charge >= 0.3 is 0 Å². The van der Waals surface area contributed by atoms with Crippen molar-refractivity contribution in [2.24, 2.45) is 5.92 Å². The van der Waals surface area contributed by atoms with Crippen molar-refractivity contribution in [1.29, 1.82) is 0 Å². The van der Waals surface area contributed by atoms with E-state index in [2.05, 4.69) is 54.1 Å². The SMILES string of the molecule is [2H]C[C@H]1O[C@@H](n2cnc3c(=O)[nH]c(NC(=O)C(C)C)nc32)C(O[Si](C)(C)C(C)(C)C)[C@@]1(C)O. The van der Waals surface area contributed by atoms with Crippen LogP contribution >= 0.6 is 0 Å². The van der Waals surface area contributed by atoms with Crippen molar-refractivity contribution >= 4 is 31.3 Å². The number of aliphatic hydroxyl groups is 1. The summed E-state index contributed by atoms with van der Waals surface area (Å²) < 4.78 is 22.1. The fourth-order valence-corrected chi connectivity index (χ4v) is 4.51. The van der Waals surface area contributed by atoms with Gasteiger partial charge < -0.3 is 14.3 Å². The predicted octanol–water partition coefficient (Wildman–Crippen LogP) is 2.77. The molecule has 0 saturated carbocycles. The van der Waals surface area contributed by atoms with Crippen LogP contribution in [0.25, 0.3) is 11.2 Å². The van der Waals surface area contributed by atoms with Crippen molar-refractivity contribution in [3.05, 3.63) is 16.7 Å². The molecule has 0 bridgehead atoms. The number of hydrogen-bond donors (Lipinski definition) is 3. The summed E-state index contributed by atoms with van der Waals surface area (Å²) in [5, 5.41) is 13.8. The van der Waals surface area contributed by atoms with E-state index in [9.17, 15) is 14.7 Å². The second-order valence-corrected chi connectivity index (χ2v) is 15.2. The highest BCUT2D eigenvalue weighted by atomic mass is 28.4. The number of rotatable bonds is 5. The first-order valence-electron chi connectivity index (χ1n) is 11.4. The van der Waals surface area contributed by atoms with Gasteiger partial charge in [-0.1, -0.05) is 34.6 Å². The Labute approximate surface area is 190 Å². The Morgan fingerprint density at radius 2 is 2.12 bits per heavy atom. The van der Waals surface area contributed by atoms with E-state index in [1.54, 1.807) is 20.8 Å². The van der Waals surface area contributed by atoms with Crippen molar-refractivity contribution in [3.63, 3.8) is 0 Å². The van der Waals surface area contributed by atoms with Gasteiger partial charge in [0.25, 0.3) is 5.56 Å². The molecule has 3 heterocycles. The van der Waals surface area contributed by atoms with Crippen LogP contribution in [0.3, 0.4) is 0 Å². The molecule has 0 aromatic carbocycles. The van der Waals surface area contributed by atoms with Gasteiger partial charge in [-0.3, -0.25) is 24.5 Å². The number of H-pyrrole nitrogens is 1. The second-order valence-electron chi connectivity index (χ2n) is 10.4. The molecule has 1 saturated heterocycles. The van der Waals surface area contributed by atoms with E-state index in [4.69, 9.17) is 10.5 Å². The largest absolute Gasteiger partial charge is 0.406 e. The number of nitrogens with one attached hydrogen (secondary N) is 2. The molecule has 2 aromatic heterocycles. The molecule has 32 heavy (non-hydrogen) atoms. The fraction of sp³-hybridized carbons (Fsp3) is 0.714. The van der Waals surface area contributed by atoms with Crippen LogP contribution in [0.5, 0.6) is 0 Å². The van der Waals surface area contributed by atoms with E-state index in [1.807, 2.05) is 0 Å². The first-order valence-corrected chi connectivity index (χ1v) is 13.6. The van der Waals surface area contributed by atoms with Gasteiger partial charge in [0.05, 0.1) is 12.4 Å². The molecular weight excluding hydrogens is 430 g/mol. The first kappa shape index (κ1) is 23.1. The minimum absolute atomic E-state index is 0.00314. The highest BCUT2D eigenvalue weighted by Gasteiger charge is 2.55. The van der Waals surface area contributed by atoms with E-state index < -0.39 is 37.9 Å². The number of aromatic nitrogens is 4. The number of carbonyl (C=O) groups excluding carboxylic acids is 1. The highest BCUT2D eigenvalue weighted by molar-refractivity contribution is 6.74. The second kappa shape index (κ2) is 8.05. The van der Waals surface area contributed by atoms with Gasteiger partial charge in [0.1, 0.15) is 11.7 Å². The molecule has 1 aliphatic rings. The summed E-state index contributed by atoms with van der Waals surface area (Å²) in [7, 11) is -2.36. The van der Waals surface area contributed by atoms with Gasteiger partial charge in [-0.15, -0.1) is 0 Å². The number of ether oxygens (including phenoxy) is 1.